The number of nitrogens with one attached hydrogen (secondary N) is 2. The molecule has 0 saturated carbocycles. The summed E-state index contributed by atoms with van der Waals surface area (Å²) in [7, 11) is 0. The number of halogens is 1. The van der Waals surface area contributed by atoms with Crippen molar-refractivity contribution in [2.75, 3.05) is 42.9 Å². The number of para-hydroxylation sites is 2. The third kappa shape index (κ3) is 5.62. The first kappa shape index (κ1) is 23.9. The fourth-order valence-electron chi connectivity index (χ4n) is 4.25. The van der Waals surface area contributed by atoms with E-state index in [2.05, 4.69) is 10.6 Å². The van der Waals surface area contributed by atoms with Crippen LogP contribution in [0.1, 0.15) is 24.8 Å². The summed E-state index contributed by atoms with van der Waals surface area (Å²) in [5, 5.41) is 5.98. The first-order valence-corrected chi connectivity index (χ1v) is 11.9. The number of benzene rings is 2. The summed E-state index contributed by atoms with van der Waals surface area (Å²) < 4.78 is 6.00. The van der Waals surface area contributed by atoms with Crippen molar-refractivity contribution < 1.29 is 19.1 Å². The maximum Gasteiger partial charge on any atom is 0.265 e. The molecular weight excluding hydrogens is 456 g/mol. The van der Waals surface area contributed by atoms with Crippen molar-refractivity contribution in [1.82, 2.24) is 10.2 Å². The minimum absolute atomic E-state index is 0.00757. The highest BCUT2D eigenvalue weighted by molar-refractivity contribution is 6.31. The molecule has 34 heavy (non-hydrogen) atoms. The number of ether oxygens (including phenoxy) is 1. The minimum Gasteiger partial charge on any atom is -0.477 e. The molecule has 2 N–H and O–H groups in total. The van der Waals surface area contributed by atoms with Crippen molar-refractivity contribution in [2.45, 2.75) is 32.3 Å². The van der Waals surface area contributed by atoms with E-state index >= 15 is 0 Å². The average Bonchev–Trinajstić information content (AvgIpc) is 2.85. The molecule has 0 spiro atoms. The van der Waals surface area contributed by atoms with Gasteiger partial charge < -0.3 is 25.2 Å². The van der Waals surface area contributed by atoms with Crippen LogP contribution >= 0.6 is 11.6 Å². The van der Waals surface area contributed by atoms with Crippen molar-refractivity contribution in [3.05, 3.63) is 53.1 Å². The zero-order valence-electron chi connectivity index (χ0n) is 19.2. The van der Waals surface area contributed by atoms with Crippen LogP contribution in [-0.2, 0) is 14.4 Å². The lowest BCUT2D eigenvalue weighted by Gasteiger charge is -2.38. The van der Waals surface area contributed by atoms with Crippen LogP contribution in [0.2, 0.25) is 5.02 Å². The van der Waals surface area contributed by atoms with E-state index in [-0.39, 0.29) is 37.4 Å². The molecule has 2 aliphatic rings. The highest BCUT2D eigenvalue weighted by atomic mass is 35.5. The fraction of sp³-hybridized carbons (Fsp3) is 0.400. The Morgan fingerprint density at radius 1 is 1.03 bits per heavy atom. The minimum atomic E-state index is -0.671. The molecule has 2 aromatic rings. The van der Waals surface area contributed by atoms with Crippen molar-refractivity contribution >= 4 is 40.7 Å². The molecule has 0 bridgehead atoms. The second-order valence-corrected chi connectivity index (χ2v) is 8.99. The number of amides is 3. The van der Waals surface area contributed by atoms with Gasteiger partial charge in [0.15, 0.2) is 6.10 Å². The summed E-state index contributed by atoms with van der Waals surface area (Å²) in [5.41, 5.74) is 2.12. The Kier molecular flexibility index (Phi) is 7.57. The zero-order valence-corrected chi connectivity index (χ0v) is 19.9. The third-order valence-corrected chi connectivity index (χ3v) is 6.54. The van der Waals surface area contributed by atoms with Gasteiger partial charge in [-0.3, -0.25) is 14.4 Å². The predicted octanol–water partition coefficient (Wildman–Crippen LogP) is 2.98. The summed E-state index contributed by atoms with van der Waals surface area (Å²) in [5.74, 6) is -0.139. The van der Waals surface area contributed by atoms with Crippen LogP contribution in [0.4, 0.5) is 11.4 Å². The van der Waals surface area contributed by atoms with Crippen LogP contribution in [0.3, 0.4) is 0 Å². The lowest BCUT2D eigenvalue weighted by atomic mass is 10.1. The third-order valence-electron chi connectivity index (χ3n) is 6.13. The molecule has 0 radical (unpaired) electrons. The second kappa shape index (κ2) is 10.8. The fourth-order valence-corrected chi connectivity index (χ4v) is 4.42. The predicted molar refractivity (Wildman–Crippen MR) is 131 cm³/mol. The molecule has 1 saturated heterocycles. The first-order chi connectivity index (χ1) is 16.4. The van der Waals surface area contributed by atoms with Crippen molar-refractivity contribution in [1.29, 1.82) is 0 Å². The van der Waals surface area contributed by atoms with E-state index in [1.807, 2.05) is 34.9 Å². The smallest absolute Gasteiger partial charge is 0.265 e. The molecule has 3 amide bonds. The molecule has 0 aromatic heterocycles. The Labute approximate surface area is 204 Å². The number of fused-ring (bicyclic) bond motifs is 1. The van der Waals surface area contributed by atoms with E-state index in [1.54, 1.807) is 24.3 Å². The number of anilines is 2. The molecule has 1 atom stereocenters. The molecule has 2 heterocycles. The summed E-state index contributed by atoms with van der Waals surface area (Å²) in [6.45, 7) is 3.40. The molecule has 0 aliphatic carbocycles. The number of likely N-dealkylation sites (tertiary alicyclic amines) is 1. The number of piperidine rings is 1. The van der Waals surface area contributed by atoms with E-state index in [4.69, 9.17) is 16.3 Å². The summed E-state index contributed by atoms with van der Waals surface area (Å²) in [6.07, 6.45) is 2.46. The molecule has 1 fully saturated rings. The molecule has 2 aliphatic heterocycles. The topological polar surface area (TPSA) is 91.0 Å². The maximum absolute atomic E-state index is 13.0. The van der Waals surface area contributed by atoms with Gasteiger partial charge in [0.25, 0.3) is 5.91 Å². The number of nitrogens with zero attached hydrogens (tertiary/aromatic N) is 2. The number of carbonyl (C=O) groups is 3. The largest absolute Gasteiger partial charge is 0.477 e. The van der Waals surface area contributed by atoms with E-state index in [0.29, 0.717) is 16.5 Å². The molecule has 180 valence electrons. The van der Waals surface area contributed by atoms with E-state index in [1.165, 1.54) is 0 Å². The van der Waals surface area contributed by atoms with Gasteiger partial charge in [-0.05, 0) is 56.0 Å². The SMILES string of the molecule is Cc1c(Cl)cccc1NC(=O)CNC(=O)CN1CC(C(=O)N2CCCCC2)Oc2ccccc21. The lowest BCUT2D eigenvalue weighted by molar-refractivity contribution is -0.139. The monoisotopic (exact) mass is 484 g/mol. The second-order valence-electron chi connectivity index (χ2n) is 8.58. The van der Waals surface area contributed by atoms with Gasteiger partial charge in [-0.25, -0.2) is 0 Å². The van der Waals surface area contributed by atoms with Crippen LogP contribution in [0, 0.1) is 6.92 Å². The summed E-state index contributed by atoms with van der Waals surface area (Å²) in [6, 6.07) is 12.6. The summed E-state index contributed by atoms with van der Waals surface area (Å²) >= 11 is 6.09. The van der Waals surface area contributed by atoms with Crippen LogP contribution in [0.25, 0.3) is 0 Å². The van der Waals surface area contributed by atoms with Gasteiger partial charge in [0, 0.05) is 23.8 Å². The highest BCUT2D eigenvalue weighted by Gasteiger charge is 2.34. The van der Waals surface area contributed by atoms with Gasteiger partial charge in [-0.15, -0.1) is 0 Å². The number of hydrogen-bond acceptors (Lipinski definition) is 5. The Hall–Kier alpha value is -3.26. The number of rotatable bonds is 6. The molecule has 4 rings (SSSR count). The molecular formula is C25H29ClN4O4. The van der Waals surface area contributed by atoms with Crippen LogP contribution in [-0.4, -0.2) is 61.4 Å². The van der Waals surface area contributed by atoms with Gasteiger partial charge in [0.05, 0.1) is 25.3 Å². The Bertz CT molecular complexity index is 1070. The normalized spacial score (nSPS) is 17.4. The molecule has 8 nitrogen and oxygen atoms in total. The Morgan fingerprint density at radius 3 is 2.59 bits per heavy atom. The molecule has 2 aromatic carbocycles. The Balaban J connectivity index is 1.36. The highest BCUT2D eigenvalue weighted by Crippen LogP contribution is 2.33. The van der Waals surface area contributed by atoms with Crippen LogP contribution < -0.4 is 20.3 Å². The van der Waals surface area contributed by atoms with E-state index < -0.39 is 6.10 Å². The van der Waals surface area contributed by atoms with Gasteiger partial charge in [0.2, 0.25) is 11.8 Å². The van der Waals surface area contributed by atoms with Crippen molar-refractivity contribution in [3.8, 4) is 5.75 Å². The van der Waals surface area contributed by atoms with E-state index in [9.17, 15) is 14.4 Å². The first-order valence-electron chi connectivity index (χ1n) is 11.5. The van der Waals surface area contributed by atoms with Gasteiger partial charge in [0.1, 0.15) is 5.75 Å². The van der Waals surface area contributed by atoms with Crippen LogP contribution in [0.5, 0.6) is 5.75 Å². The number of hydrogen-bond donors (Lipinski definition) is 2. The maximum atomic E-state index is 13.0. The van der Waals surface area contributed by atoms with Gasteiger partial charge in [-0.2, -0.15) is 0 Å². The number of carbonyl (C=O) groups excluding carboxylic acids is 3. The summed E-state index contributed by atoms with van der Waals surface area (Å²) in [4.78, 5) is 41.8. The van der Waals surface area contributed by atoms with Crippen molar-refractivity contribution in [2.24, 2.45) is 0 Å². The average molecular weight is 485 g/mol. The van der Waals surface area contributed by atoms with E-state index in [0.717, 1.165) is 43.6 Å². The standard InChI is InChI=1S/C25H29ClN4O4/c1-17-18(26)8-7-9-19(17)28-23(31)14-27-24(32)16-30-15-22(25(33)29-12-5-2-6-13-29)34-21-11-4-3-10-20(21)30/h3-4,7-11,22H,2,5-6,12-16H2,1H3,(H,27,32)(H,28,31). The van der Waals surface area contributed by atoms with Gasteiger partial charge in [-0.1, -0.05) is 29.8 Å². The Morgan fingerprint density at radius 2 is 1.79 bits per heavy atom. The zero-order chi connectivity index (χ0) is 24.1. The van der Waals surface area contributed by atoms with Crippen LogP contribution in [0.15, 0.2) is 42.5 Å². The quantitative estimate of drug-likeness (QED) is 0.657. The van der Waals surface area contributed by atoms with Gasteiger partial charge >= 0.3 is 0 Å². The lowest BCUT2D eigenvalue weighted by Crippen LogP contribution is -2.53. The molecule has 1 unspecified atom stereocenters. The molecule has 9 heteroatoms. The van der Waals surface area contributed by atoms with Crippen molar-refractivity contribution in [3.63, 3.8) is 0 Å².